The number of benzene rings is 2. The lowest BCUT2D eigenvalue weighted by Gasteiger charge is -2.07. The summed E-state index contributed by atoms with van der Waals surface area (Å²) >= 11 is 6.01. The lowest BCUT2D eigenvalue weighted by molar-refractivity contribution is 0.102. The summed E-state index contributed by atoms with van der Waals surface area (Å²) in [4.78, 5) is 12.1. The number of hydrogen-bond donors (Lipinski definition) is 1. The van der Waals surface area contributed by atoms with Crippen LogP contribution in [0, 0.1) is 0 Å². The highest BCUT2D eigenvalue weighted by atomic mass is 35.5. The van der Waals surface area contributed by atoms with Crippen LogP contribution in [0.5, 0.6) is 11.5 Å². The van der Waals surface area contributed by atoms with E-state index in [1.807, 2.05) is 30.3 Å². The molecular formula is C17H14ClN3O2. The number of nitrogens with one attached hydrogen (secondary N) is 1. The number of aryl methyl sites for hydroxylation is 1. The first kappa shape index (κ1) is 15.1. The summed E-state index contributed by atoms with van der Waals surface area (Å²) in [5, 5.41) is 7.01. The molecule has 1 amide bonds. The van der Waals surface area contributed by atoms with Crippen LogP contribution < -0.4 is 10.1 Å². The Labute approximate surface area is 138 Å². The minimum atomic E-state index is -0.306. The van der Waals surface area contributed by atoms with Gasteiger partial charge in [0.25, 0.3) is 5.91 Å². The number of hydrogen-bond acceptors (Lipinski definition) is 3. The van der Waals surface area contributed by atoms with Crippen LogP contribution >= 0.6 is 11.6 Å². The Hall–Kier alpha value is -2.79. The fourth-order valence-electron chi connectivity index (χ4n) is 2.00. The molecule has 0 saturated heterocycles. The molecule has 0 atom stereocenters. The molecule has 6 heteroatoms. The number of halogens is 1. The van der Waals surface area contributed by atoms with Gasteiger partial charge in [-0.15, -0.1) is 0 Å². The van der Waals surface area contributed by atoms with Crippen molar-refractivity contribution in [2.75, 3.05) is 5.32 Å². The third-order valence-corrected chi connectivity index (χ3v) is 3.65. The topological polar surface area (TPSA) is 56.2 Å². The minimum absolute atomic E-state index is 0.298. The molecule has 3 rings (SSSR count). The van der Waals surface area contributed by atoms with Crippen molar-refractivity contribution in [3.63, 3.8) is 0 Å². The molecule has 0 aliphatic rings. The van der Waals surface area contributed by atoms with Gasteiger partial charge >= 0.3 is 0 Å². The van der Waals surface area contributed by atoms with Gasteiger partial charge in [-0.05, 0) is 36.4 Å². The molecule has 1 heterocycles. The third-order valence-electron chi connectivity index (χ3n) is 3.20. The summed E-state index contributed by atoms with van der Waals surface area (Å²) < 4.78 is 7.14. The molecule has 0 bridgehead atoms. The van der Waals surface area contributed by atoms with E-state index in [0.717, 1.165) is 5.75 Å². The van der Waals surface area contributed by atoms with Crippen LogP contribution in [0.25, 0.3) is 0 Å². The lowest BCUT2D eigenvalue weighted by atomic mass is 10.2. The van der Waals surface area contributed by atoms with E-state index in [4.69, 9.17) is 16.3 Å². The number of nitrogens with zero attached hydrogens (tertiary/aromatic N) is 2. The van der Waals surface area contributed by atoms with Gasteiger partial charge in [0, 0.05) is 12.7 Å². The Morgan fingerprint density at radius 1 is 1.09 bits per heavy atom. The minimum Gasteiger partial charge on any atom is -0.457 e. The van der Waals surface area contributed by atoms with Crippen LogP contribution in [-0.2, 0) is 7.05 Å². The average Bonchev–Trinajstić information content (AvgIpc) is 2.90. The number of para-hydroxylation sites is 1. The Kier molecular flexibility index (Phi) is 4.30. The fourth-order valence-corrected chi connectivity index (χ4v) is 2.18. The maximum Gasteiger partial charge on any atom is 0.260 e. The molecule has 23 heavy (non-hydrogen) atoms. The van der Waals surface area contributed by atoms with Gasteiger partial charge in [-0.3, -0.25) is 9.48 Å². The van der Waals surface area contributed by atoms with Gasteiger partial charge in [-0.25, -0.2) is 0 Å². The molecular weight excluding hydrogens is 314 g/mol. The molecule has 5 nitrogen and oxygen atoms in total. The van der Waals surface area contributed by atoms with Crippen LogP contribution in [0.15, 0.2) is 60.8 Å². The molecule has 0 radical (unpaired) electrons. The van der Waals surface area contributed by atoms with Crippen LogP contribution in [0.1, 0.15) is 10.4 Å². The maximum atomic E-state index is 12.1. The number of aromatic nitrogens is 2. The van der Waals surface area contributed by atoms with Crippen molar-refractivity contribution in [3.05, 3.63) is 71.5 Å². The van der Waals surface area contributed by atoms with Crippen molar-refractivity contribution in [2.45, 2.75) is 0 Å². The molecule has 2 aromatic carbocycles. The number of rotatable bonds is 4. The average molecular weight is 328 g/mol. The largest absolute Gasteiger partial charge is 0.457 e. The first-order valence-corrected chi connectivity index (χ1v) is 7.33. The molecule has 116 valence electrons. The number of ether oxygens (including phenoxy) is 1. The van der Waals surface area contributed by atoms with Crippen molar-refractivity contribution in [3.8, 4) is 11.5 Å². The molecule has 0 aliphatic carbocycles. The molecule has 0 spiro atoms. The zero-order chi connectivity index (χ0) is 16.2. The van der Waals surface area contributed by atoms with Crippen molar-refractivity contribution >= 4 is 23.2 Å². The van der Waals surface area contributed by atoms with E-state index >= 15 is 0 Å². The van der Waals surface area contributed by atoms with E-state index in [0.29, 0.717) is 22.2 Å². The van der Waals surface area contributed by atoms with Crippen molar-refractivity contribution in [1.29, 1.82) is 0 Å². The number of anilines is 1. The van der Waals surface area contributed by atoms with Gasteiger partial charge in [0.2, 0.25) is 0 Å². The number of carbonyl (C=O) groups is 1. The lowest BCUT2D eigenvalue weighted by Crippen LogP contribution is -2.11. The van der Waals surface area contributed by atoms with Crippen LogP contribution in [-0.4, -0.2) is 15.7 Å². The van der Waals surface area contributed by atoms with E-state index < -0.39 is 0 Å². The second-order valence-corrected chi connectivity index (χ2v) is 5.22. The summed E-state index contributed by atoms with van der Waals surface area (Å²) in [6, 6.07) is 16.6. The molecule has 0 saturated carbocycles. The Morgan fingerprint density at radius 3 is 2.35 bits per heavy atom. The quantitative estimate of drug-likeness (QED) is 0.784. The molecule has 1 N–H and O–H groups in total. The predicted octanol–water partition coefficient (Wildman–Crippen LogP) is 4.12. The Balaban J connectivity index is 1.68. The second kappa shape index (κ2) is 6.54. The highest BCUT2D eigenvalue weighted by Gasteiger charge is 2.14. The summed E-state index contributed by atoms with van der Waals surface area (Å²) in [5.41, 5.74) is 0.981. The van der Waals surface area contributed by atoms with Crippen LogP contribution in [0.2, 0.25) is 5.15 Å². The maximum absolute atomic E-state index is 12.1. The summed E-state index contributed by atoms with van der Waals surface area (Å²) in [6.07, 6.45) is 1.44. The van der Waals surface area contributed by atoms with Crippen molar-refractivity contribution in [2.24, 2.45) is 7.05 Å². The SMILES string of the molecule is Cn1ncc(C(=O)Nc2ccc(Oc3ccccc3)cc2)c1Cl. The van der Waals surface area contributed by atoms with Crippen molar-refractivity contribution < 1.29 is 9.53 Å². The molecule has 1 aromatic heterocycles. The molecule has 3 aromatic rings. The zero-order valence-corrected chi connectivity index (χ0v) is 13.1. The van der Waals surface area contributed by atoms with Gasteiger partial charge in [0.15, 0.2) is 0 Å². The standard InChI is InChI=1S/C17H14ClN3O2/c1-21-16(18)15(11-19-21)17(22)20-12-7-9-14(10-8-12)23-13-5-3-2-4-6-13/h2-11H,1H3,(H,20,22). The van der Waals surface area contributed by atoms with E-state index in [1.54, 1.807) is 31.3 Å². The predicted molar refractivity (Wildman–Crippen MR) is 89.1 cm³/mol. The van der Waals surface area contributed by atoms with E-state index in [-0.39, 0.29) is 5.91 Å². The van der Waals surface area contributed by atoms with Crippen LogP contribution in [0.4, 0.5) is 5.69 Å². The van der Waals surface area contributed by atoms with Gasteiger partial charge in [-0.2, -0.15) is 5.10 Å². The zero-order valence-electron chi connectivity index (χ0n) is 12.4. The Morgan fingerprint density at radius 2 is 1.74 bits per heavy atom. The summed E-state index contributed by atoms with van der Waals surface area (Å²) in [6.45, 7) is 0. The monoisotopic (exact) mass is 327 g/mol. The summed E-state index contributed by atoms with van der Waals surface area (Å²) in [7, 11) is 1.68. The molecule has 0 unspecified atom stereocenters. The fraction of sp³-hybridized carbons (Fsp3) is 0.0588. The summed E-state index contributed by atoms with van der Waals surface area (Å²) in [5.74, 6) is 1.14. The van der Waals surface area contributed by atoms with E-state index in [9.17, 15) is 4.79 Å². The normalized spacial score (nSPS) is 10.3. The van der Waals surface area contributed by atoms with Gasteiger partial charge in [0.05, 0.1) is 11.8 Å². The first-order chi connectivity index (χ1) is 11.1. The van der Waals surface area contributed by atoms with E-state index in [2.05, 4.69) is 10.4 Å². The first-order valence-electron chi connectivity index (χ1n) is 6.95. The van der Waals surface area contributed by atoms with Crippen molar-refractivity contribution in [1.82, 2.24) is 9.78 Å². The van der Waals surface area contributed by atoms with Crippen LogP contribution in [0.3, 0.4) is 0 Å². The van der Waals surface area contributed by atoms with Gasteiger partial charge < -0.3 is 10.1 Å². The van der Waals surface area contributed by atoms with Gasteiger partial charge in [-0.1, -0.05) is 29.8 Å². The molecule has 0 fully saturated rings. The van der Waals surface area contributed by atoms with Gasteiger partial charge in [0.1, 0.15) is 16.7 Å². The smallest absolute Gasteiger partial charge is 0.260 e. The molecule has 0 aliphatic heterocycles. The third kappa shape index (κ3) is 3.52. The number of amides is 1. The number of carbonyl (C=O) groups excluding carboxylic acids is 1. The second-order valence-electron chi connectivity index (χ2n) is 4.87. The highest BCUT2D eigenvalue weighted by molar-refractivity contribution is 6.33. The Bertz CT molecular complexity index is 814. The van der Waals surface area contributed by atoms with E-state index in [1.165, 1.54) is 10.9 Å². The highest BCUT2D eigenvalue weighted by Crippen LogP contribution is 2.23.